The number of nitrogens with zero attached hydrogens (tertiary/aromatic N) is 3. The standard InChI is InChI=1S/C18H20Cl2N4/c1-4-5-8-21-16-9-11(2)22-18-17(12(3)23-24(16)18)14-7-6-13(19)10-15(14)20/h6-7,9-10,21H,4-5,8H2,1-3H3. The summed E-state index contributed by atoms with van der Waals surface area (Å²) in [4.78, 5) is 4.69. The molecule has 0 bridgehead atoms. The highest BCUT2D eigenvalue weighted by atomic mass is 35.5. The summed E-state index contributed by atoms with van der Waals surface area (Å²) in [6.45, 7) is 7.04. The molecule has 0 aliphatic heterocycles. The molecule has 0 saturated carbocycles. The number of fused-ring (bicyclic) bond motifs is 1. The molecular formula is C18H20Cl2N4. The molecule has 1 aromatic carbocycles. The predicted molar refractivity (Wildman–Crippen MR) is 101 cm³/mol. The first-order valence-electron chi connectivity index (χ1n) is 8.07. The number of rotatable bonds is 5. The number of aromatic nitrogens is 3. The van der Waals surface area contributed by atoms with Crippen LogP contribution in [0.2, 0.25) is 10.0 Å². The molecule has 0 aliphatic rings. The van der Waals surface area contributed by atoms with E-state index >= 15 is 0 Å². The van der Waals surface area contributed by atoms with Gasteiger partial charge in [-0.05, 0) is 32.4 Å². The molecule has 0 aliphatic carbocycles. The number of aryl methyl sites for hydroxylation is 2. The molecular weight excluding hydrogens is 343 g/mol. The minimum atomic E-state index is 0.601. The maximum absolute atomic E-state index is 6.41. The zero-order valence-electron chi connectivity index (χ0n) is 14.0. The summed E-state index contributed by atoms with van der Waals surface area (Å²) >= 11 is 12.4. The molecule has 4 nitrogen and oxygen atoms in total. The monoisotopic (exact) mass is 362 g/mol. The summed E-state index contributed by atoms with van der Waals surface area (Å²) in [7, 11) is 0. The lowest BCUT2D eigenvalue weighted by atomic mass is 10.1. The highest BCUT2D eigenvalue weighted by molar-refractivity contribution is 6.36. The molecule has 0 radical (unpaired) electrons. The van der Waals surface area contributed by atoms with Crippen LogP contribution in [0, 0.1) is 13.8 Å². The highest BCUT2D eigenvalue weighted by Gasteiger charge is 2.18. The van der Waals surface area contributed by atoms with E-state index in [-0.39, 0.29) is 0 Å². The van der Waals surface area contributed by atoms with Crippen molar-refractivity contribution < 1.29 is 0 Å². The van der Waals surface area contributed by atoms with Crippen LogP contribution in [0.15, 0.2) is 24.3 Å². The van der Waals surface area contributed by atoms with Gasteiger partial charge in [0.1, 0.15) is 5.82 Å². The Balaban J connectivity index is 2.17. The van der Waals surface area contributed by atoms with Crippen molar-refractivity contribution >= 4 is 34.7 Å². The molecule has 0 saturated heterocycles. The van der Waals surface area contributed by atoms with Crippen LogP contribution >= 0.6 is 23.2 Å². The third-order valence-corrected chi connectivity index (χ3v) is 4.48. The minimum absolute atomic E-state index is 0.601. The third-order valence-electron chi connectivity index (χ3n) is 3.93. The fourth-order valence-corrected chi connectivity index (χ4v) is 3.27. The lowest BCUT2D eigenvalue weighted by Gasteiger charge is -2.09. The molecule has 0 atom stereocenters. The average molecular weight is 363 g/mol. The second kappa shape index (κ2) is 6.99. The van der Waals surface area contributed by atoms with Gasteiger partial charge in [-0.3, -0.25) is 0 Å². The van der Waals surface area contributed by atoms with Gasteiger partial charge in [0, 0.05) is 28.9 Å². The fourth-order valence-electron chi connectivity index (χ4n) is 2.77. The molecule has 2 aromatic heterocycles. The van der Waals surface area contributed by atoms with Crippen LogP contribution in [-0.4, -0.2) is 21.1 Å². The van der Waals surface area contributed by atoms with E-state index in [0.717, 1.165) is 53.4 Å². The van der Waals surface area contributed by atoms with E-state index in [1.54, 1.807) is 6.07 Å². The molecule has 6 heteroatoms. The fraction of sp³-hybridized carbons (Fsp3) is 0.333. The summed E-state index contributed by atoms with van der Waals surface area (Å²) in [5.41, 5.74) is 4.46. The van der Waals surface area contributed by atoms with Crippen molar-refractivity contribution in [2.75, 3.05) is 11.9 Å². The molecule has 3 aromatic rings. The van der Waals surface area contributed by atoms with Crippen molar-refractivity contribution in [3.63, 3.8) is 0 Å². The summed E-state index contributed by atoms with van der Waals surface area (Å²) in [5, 5.41) is 9.34. The lowest BCUT2D eigenvalue weighted by molar-refractivity contribution is 0.817. The van der Waals surface area contributed by atoms with Gasteiger partial charge in [-0.2, -0.15) is 9.61 Å². The van der Waals surface area contributed by atoms with Crippen LogP contribution in [0.4, 0.5) is 5.82 Å². The number of nitrogens with one attached hydrogen (secondary N) is 1. The van der Waals surface area contributed by atoms with Crippen LogP contribution in [0.1, 0.15) is 31.2 Å². The van der Waals surface area contributed by atoms with Gasteiger partial charge in [0.05, 0.1) is 16.3 Å². The van der Waals surface area contributed by atoms with Crippen LogP contribution in [0.5, 0.6) is 0 Å². The van der Waals surface area contributed by atoms with Gasteiger partial charge in [0.2, 0.25) is 0 Å². The Morgan fingerprint density at radius 2 is 1.96 bits per heavy atom. The quantitative estimate of drug-likeness (QED) is 0.606. The van der Waals surface area contributed by atoms with Crippen molar-refractivity contribution in [1.29, 1.82) is 0 Å². The van der Waals surface area contributed by atoms with Crippen LogP contribution in [-0.2, 0) is 0 Å². The third kappa shape index (κ3) is 3.21. The summed E-state index contributed by atoms with van der Waals surface area (Å²) in [5.74, 6) is 0.949. The SMILES string of the molecule is CCCCNc1cc(C)nc2c(-c3ccc(Cl)cc3Cl)c(C)nn12. The largest absolute Gasteiger partial charge is 0.370 e. The lowest BCUT2D eigenvalue weighted by Crippen LogP contribution is -2.08. The van der Waals surface area contributed by atoms with E-state index in [1.807, 2.05) is 36.6 Å². The van der Waals surface area contributed by atoms with Gasteiger partial charge in [-0.15, -0.1) is 0 Å². The van der Waals surface area contributed by atoms with Gasteiger partial charge >= 0.3 is 0 Å². The number of hydrogen-bond donors (Lipinski definition) is 1. The highest BCUT2D eigenvalue weighted by Crippen LogP contribution is 2.35. The smallest absolute Gasteiger partial charge is 0.165 e. The van der Waals surface area contributed by atoms with Gasteiger partial charge < -0.3 is 5.32 Å². The summed E-state index contributed by atoms with van der Waals surface area (Å²) in [6.07, 6.45) is 2.25. The Morgan fingerprint density at radius 3 is 2.67 bits per heavy atom. The topological polar surface area (TPSA) is 42.2 Å². The maximum atomic E-state index is 6.41. The second-order valence-electron chi connectivity index (χ2n) is 5.88. The van der Waals surface area contributed by atoms with Crippen molar-refractivity contribution in [3.05, 3.63) is 45.7 Å². The number of unbranched alkanes of at least 4 members (excludes halogenated alkanes) is 1. The van der Waals surface area contributed by atoms with Crippen molar-refractivity contribution in [1.82, 2.24) is 14.6 Å². The second-order valence-corrected chi connectivity index (χ2v) is 6.73. The van der Waals surface area contributed by atoms with E-state index in [4.69, 9.17) is 28.2 Å². The first kappa shape index (κ1) is 17.1. The average Bonchev–Trinajstić information content (AvgIpc) is 2.84. The maximum Gasteiger partial charge on any atom is 0.165 e. The molecule has 24 heavy (non-hydrogen) atoms. The van der Waals surface area contributed by atoms with E-state index in [0.29, 0.717) is 10.0 Å². The predicted octanol–water partition coefficient (Wildman–Crippen LogP) is 5.53. The van der Waals surface area contributed by atoms with Crippen molar-refractivity contribution in [3.8, 4) is 11.1 Å². The molecule has 3 rings (SSSR count). The first-order valence-corrected chi connectivity index (χ1v) is 8.83. The van der Waals surface area contributed by atoms with Gasteiger partial charge in [-0.25, -0.2) is 4.98 Å². The van der Waals surface area contributed by atoms with Gasteiger partial charge in [0.25, 0.3) is 0 Å². The van der Waals surface area contributed by atoms with E-state index in [9.17, 15) is 0 Å². The zero-order valence-corrected chi connectivity index (χ0v) is 15.5. The van der Waals surface area contributed by atoms with E-state index < -0.39 is 0 Å². The van der Waals surface area contributed by atoms with Crippen LogP contribution in [0.25, 0.3) is 16.8 Å². The number of hydrogen-bond acceptors (Lipinski definition) is 3. The van der Waals surface area contributed by atoms with Gasteiger partial charge in [-0.1, -0.05) is 42.6 Å². The van der Waals surface area contributed by atoms with E-state index in [1.165, 1.54) is 0 Å². The van der Waals surface area contributed by atoms with Crippen LogP contribution in [0.3, 0.4) is 0 Å². The molecule has 2 heterocycles. The Kier molecular flexibility index (Phi) is 4.97. The molecule has 126 valence electrons. The molecule has 0 fully saturated rings. The summed E-state index contributed by atoms with van der Waals surface area (Å²) in [6, 6.07) is 7.52. The Hall–Kier alpha value is -1.78. The molecule has 0 spiro atoms. The first-order chi connectivity index (χ1) is 11.5. The van der Waals surface area contributed by atoms with Crippen LogP contribution < -0.4 is 5.32 Å². The minimum Gasteiger partial charge on any atom is -0.370 e. The normalized spacial score (nSPS) is 11.2. The number of halogens is 2. The molecule has 1 N–H and O–H groups in total. The summed E-state index contributed by atoms with van der Waals surface area (Å²) < 4.78 is 1.86. The van der Waals surface area contributed by atoms with Crippen molar-refractivity contribution in [2.24, 2.45) is 0 Å². The Morgan fingerprint density at radius 1 is 1.17 bits per heavy atom. The van der Waals surface area contributed by atoms with E-state index in [2.05, 4.69) is 17.3 Å². The number of benzene rings is 1. The van der Waals surface area contributed by atoms with Gasteiger partial charge in [0.15, 0.2) is 5.65 Å². The van der Waals surface area contributed by atoms with Crippen molar-refractivity contribution in [2.45, 2.75) is 33.6 Å². The Bertz CT molecular complexity index is 886. The molecule has 0 unspecified atom stereocenters. The Labute approximate surface area is 151 Å². The molecule has 0 amide bonds. The number of anilines is 1. The zero-order chi connectivity index (χ0) is 17.3.